The van der Waals surface area contributed by atoms with E-state index >= 15 is 0 Å². The maximum absolute atomic E-state index is 13.1. The molecular weight excluding hydrogens is 378 g/mol. The highest BCUT2D eigenvalue weighted by molar-refractivity contribution is 7.99. The van der Waals surface area contributed by atoms with Gasteiger partial charge in [0.15, 0.2) is 5.16 Å². The lowest BCUT2D eigenvalue weighted by Gasteiger charge is -2.30. The Kier molecular flexibility index (Phi) is 5.41. The van der Waals surface area contributed by atoms with E-state index in [0.29, 0.717) is 23.4 Å². The summed E-state index contributed by atoms with van der Waals surface area (Å²) in [5.41, 5.74) is 1.21. The van der Waals surface area contributed by atoms with Crippen LogP contribution in [-0.4, -0.2) is 39.2 Å². The Hall–Kier alpha value is -1.60. The maximum atomic E-state index is 13.1. The van der Waals surface area contributed by atoms with Crippen LogP contribution in [0.1, 0.15) is 36.6 Å². The molecule has 0 bridgehead atoms. The Balaban J connectivity index is 1.61. The van der Waals surface area contributed by atoms with Gasteiger partial charge in [0.2, 0.25) is 5.91 Å². The van der Waals surface area contributed by atoms with Gasteiger partial charge in [0, 0.05) is 24.5 Å². The van der Waals surface area contributed by atoms with Crippen molar-refractivity contribution in [3.05, 3.63) is 33.4 Å². The zero-order valence-corrected chi connectivity index (χ0v) is 17.3. The normalized spacial score (nSPS) is 19.4. The first-order chi connectivity index (χ1) is 13.1. The molecule has 2 aromatic heterocycles. The number of allylic oxidation sites excluding steroid dienone is 1. The molecule has 0 N–H and O–H groups in total. The molecule has 5 nitrogen and oxygen atoms in total. The number of aryl methyl sites for hydroxylation is 2. The molecule has 7 heteroatoms. The van der Waals surface area contributed by atoms with E-state index < -0.39 is 0 Å². The Labute approximate surface area is 167 Å². The number of hydrogen-bond donors (Lipinski definition) is 0. The SMILES string of the molecule is C=CCn1c(SCC(=O)N2CCC[C@H](C)C2)nc2sc3c(c2c1=O)CCC3. The molecule has 0 unspecified atom stereocenters. The van der Waals surface area contributed by atoms with Crippen molar-refractivity contribution >= 4 is 39.2 Å². The van der Waals surface area contributed by atoms with E-state index in [1.165, 1.54) is 28.6 Å². The molecule has 0 saturated carbocycles. The number of nitrogens with zero attached hydrogens (tertiary/aromatic N) is 3. The lowest BCUT2D eigenvalue weighted by Crippen LogP contribution is -2.40. The van der Waals surface area contributed by atoms with E-state index in [1.54, 1.807) is 22.0 Å². The highest BCUT2D eigenvalue weighted by Crippen LogP contribution is 2.35. The molecule has 1 saturated heterocycles. The minimum absolute atomic E-state index is 0.0147. The molecule has 1 atom stereocenters. The largest absolute Gasteiger partial charge is 0.342 e. The first kappa shape index (κ1) is 18.7. The van der Waals surface area contributed by atoms with E-state index in [2.05, 4.69) is 13.5 Å². The summed E-state index contributed by atoms with van der Waals surface area (Å²) in [6, 6.07) is 0. The van der Waals surface area contributed by atoms with E-state index in [-0.39, 0.29) is 11.5 Å². The zero-order chi connectivity index (χ0) is 19.0. The fraction of sp³-hybridized carbons (Fsp3) is 0.550. The van der Waals surface area contributed by atoms with Gasteiger partial charge in [-0.25, -0.2) is 4.98 Å². The number of amides is 1. The van der Waals surface area contributed by atoms with Crippen LogP contribution in [0.4, 0.5) is 0 Å². The zero-order valence-electron chi connectivity index (χ0n) is 15.7. The van der Waals surface area contributed by atoms with Crippen LogP contribution in [0, 0.1) is 5.92 Å². The second-order valence-corrected chi connectivity index (χ2v) is 9.54. The summed E-state index contributed by atoms with van der Waals surface area (Å²) in [6.45, 7) is 8.08. The summed E-state index contributed by atoms with van der Waals surface area (Å²) in [6.07, 6.45) is 7.13. The van der Waals surface area contributed by atoms with Crippen LogP contribution in [0.3, 0.4) is 0 Å². The number of thioether (sulfide) groups is 1. The summed E-state index contributed by atoms with van der Waals surface area (Å²) in [7, 11) is 0. The Morgan fingerprint density at radius 2 is 2.26 bits per heavy atom. The van der Waals surface area contributed by atoms with Gasteiger partial charge in [0.1, 0.15) is 4.83 Å². The molecule has 1 aliphatic heterocycles. The monoisotopic (exact) mass is 403 g/mol. The van der Waals surface area contributed by atoms with E-state index in [1.807, 2.05) is 4.90 Å². The second kappa shape index (κ2) is 7.80. The van der Waals surface area contributed by atoms with Crippen molar-refractivity contribution < 1.29 is 4.79 Å². The quantitative estimate of drug-likeness (QED) is 0.436. The molecule has 1 fully saturated rings. The minimum atomic E-state index is 0.0147. The van der Waals surface area contributed by atoms with Crippen LogP contribution in [0.2, 0.25) is 0 Å². The number of thiophene rings is 1. The van der Waals surface area contributed by atoms with Gasteiger partial charge in [-0.1, -0.05) is 24.8 Å². The standard InChI is InChI=1S/C20H25N3O2S2/c1-3-9-23-19(25)17-14-7-4-8-15(14)27-18(17)21-20(23)26-12-16(24)22-10-5-6-13(2)11-22/h3,13H,1,4-12H2,2H3/t13-/m0/s1. The predicted octanol–water partition coefficient (Wildman–Crippen LogP) is 3.48. The van der Waals surface area contributed by atoms with Crippen LogP contribution < -0.4 is 5.56 Å². The second-order valence-electron chi connectivity index (χ2n) is 7.51. The summed E-state index contributed by atoms with van der Waals surface area (Å²) < 4.78 is 1.68. The number of carbonyl (C=O) groups excluding carboxylic acids is 1. The van der Waals surface area contributed by atoms with Gasteiger partial charge in [-0.2, -0.15) is 0 Å². The van der Waals surface area contributed by atoms with Gasteiger partial charge in [0.25, 0.3) is 5.56 Å². The molecule has 0 spiro atoms. The van der Waals surface area contributed by atoms with Gasteiger partial charge >= 0.3 is 0 Å². The van der Waals surface area contributed by atoms with Crippen molar-refractivity contribution in [3.8, 4) is 0 Å². The first-order valence-electron chi connectivity index (χ1n) is 9.65. The lowest BCUT2D eigenvalue weighted by molar-refractivity contribution is -0.130. The molecule has 2 aliphatic rings. The summed E-state index contributed by atoms with van der Waals surface area (Å²) in [5, 5.41) is 1.42. The number of piperidine rings is 1. The predicted molar refractivity (Wildman–Crippen MR) is 112 cm³/mol. The number of likely N-dealkylation sites (tertiary alicyclic amines) is 1. The topological polar surface area (TPSA) is 55.2 Å². The number of aromatic nitrogens is 2. The number of carbonyl (C=O) groups is 1. The molecule has 1 aliphatic carbocycles. The fourth-order valence-corrected chi connectivity index (χ4v) is 6.31. The third kappa shape index (κ3) is 3.59. The van der Waals surface area contributed by atoms with E-state index in [0.717, 1.165) is 49.0 Å². The van der Waals surface area contributed by atoms with Gasteiger partial charge in [-0.3, -0.25) is 14.2 Å². The molecule has 144 valence electrons. The molecule has 3 heterocycles. The van der Waals surface area contributed by atoms with Gasteiger partial charge < -0.3 is 4.90 Å². The molecule has 2 aromatic rings. The van der Waals surface area contributed by atoms with Crippen LogP contribution in [0.25, 0.3) is 10.2 Å². The molecule has 27 heavy (non-hydrogen) atoms. The van der Waals surface area contributed by atoms with Gasteiger partial charge in [0.05, 0.1) is 11.1 Å². The molecule has 4 rings (SSSR count). The fourth-order valence-electron chi connectivity index (χ4n) is 4.09. The van der Waals surface area contributed by atoms with Crippen LogP contribution >= 0.6 is 23.1 Å². The molecule has 0 aromatic carbocycles. The van der Waals surface area contributed by atoms with E-state index in [4.69, 9.17) is 4.98 Å². The summed E-state index contributed by atoms with van der Waals surface area (Å²) in [4.78, 5) is 34.6. The Bertz CT molecular complexity index is 947. The van der Waals surface area contributed by atoms with Crippen molar-refractivity contribution in [1.82, 2.24) is 14.5 Å². The van der Waals surface area contributed by atoms with E-state index in [9.17, 15) is 9.59 Å². The van der Waals surface area contributed by atoms with Crippen molar-refractivity contribution in [2.75, 3.05) is 18.8 Å². The van der Waals surface area contributed by atoms with Crippen molar-refractivity contribution in [3.63, 3.8) is 0 Å². The average molecular weight is 404 g/mol. The van der Waals surface area contributed by atoms with Crippen LogP contribution in [0.15, 0.2) is 22.6 Å². The Morgan fingerprint density at radius 3 is 3.04 bits per heavy atom. The van der Waals surface area contributed by atoms with Crippen LogP contribution in [-0.2, 0) is 24.2 Å². The highest BCUT2D eigenvalue weighted by atomic mass is 32.2. The Morgan fingerprint density at radius 1 is 1.41 bits per heavy atom. The third-order valence-corrected chi connectivity index (χ3v) is 7.58. The smallest absolute Gasteiger partial charge is 0.263 e. The van der Waals surface area contributed by atoms with Gasteiger partial charge in [-0.05, 0) is 43.6 Å². The molecular formula is C20H25N3O2S2. The lowest BCUT2D eigenvalue weighted by atomic mass is 10.0. The average Bonchev–Trinajstić information content (AvgIpc) is 3.23. The first-order valence-corrected chi connectivity index (χ1v) is 11.4. The van der Waals surface area contributed by atoms with Crippen LogP contribution in [0.5, 0.6) is 0 Å². The number of hydrogen-bond acceptors (Lipinski definition) is 5. The third-order valence-electron chi connectivity index (χ3n) is 5.44. The maximum Gasteiger partial charge on any atom is 0.263 e. The van der Waals surface area contributed by atoms with Crippen molar-refractivity contribution in [2.24, 2.45) is 5.92 Å². The van der Waals surface area contributed by atoms with Gasteiger partial charge in [-0.15, -0.1) is 17.9 Å². The summed E-state index contributed by atoms with van der Waals surface area (Å²) >= 11 is 3.02. The van der Waals surface area contributed by atoms with Crippen molar-refractivity contribution in [1.29, 1.82) is 0 Å². The highest BCUT2D eigenvalue weighted by Gasteiger charge is 2.25. The number of fused-ring (bicyclic) bond motifs is 3. The molecule has 1 amide bonds. The summed E-state index contributed by atoms with van der Waals surface area (Å²) in [5.74, 6) is 1.03. The minimum Gasteiger partial charge on any atom is -0.342 e. The number of rotatable bonds is 5. The molecule has 0 radical (unpaired) electrons. The van der Waals surface area contributed by atoms with Crippen molar-refractivity contribution in [2.45, 2.75) is 50.7 Å².